The van der Waals surface area contributed by atoms with Crippen molar-refractivity contribution in [3.8, 4) is 0 Å². The van der Waals surface area contributed by atoms with Crippen molar-refractivity contribution in [2.24, 2.45) is 50.7 Å². The van der Waals surface area contributed by atoms with Crippen LogP contribution in [0.3, 0.4) is 0 Å². The second kappa shape index (κ2) is 15.2. The van der Waals surface area contributed by atoms with E-state index in [0.29, 0.717) is 24.5 Å². The molecule has 0 radical (unpaired) electrons. The second-order valence-electron chi connectivity index (χ2n) is 20.1. The zero-order valence-corrected chi connectivity index (χ0v) is 34.0. The Morgan fingerprint density at radius 2 is 1.29 bits per heavy atom. The van der Waals surface area contributed by atoms with Crippen LogP contribution in [0, 0.1) is 50.7 Å². The van der Waals surface area contributed by atoms with Crippen LogP contribution in [-0.2, 0) is 18.9 Å². The summed E-state index contributed by atoms with van der Waals surface area (Å²) in [6.45, 7) is 11.8. The fourth-order valence-electron chi connectivity index (χ4n) is 14.3. The van der Waals surface area contributed by atoms with Crippen molar-refractivity contribution in [1.29, 1.82) is 0 Å². The molecule has 14 nitrogen and oxygen atoms in total. The first-order valence-corrected chi connectivity index (χ1v) is 21.2. The first-order chi connectivity index (χ1) is 26.3. The fourth-order valence-corrected chi connectivity index (χ4v) is 14.3. The molecule has 0 aromatic heterocycles. The van der Waals surface area contributed by atoms with Crippen LogP contribution in [0.15, 0.2) is 11.3 Å². The van der Waals surface area contributed by atoms with E-state index < -0.39 is 92.2 Å². The zero-order chi connectivity index (χ0) is 40.9. The molecule has 0 bridgehead atoms. The third kappa shape index (κ3) is 6.29. The van der Waals surface area contributed by atoms with Crippen LogP contribution >= 0.6 is 0 Å². The first-order valence-electron chi connectivity index (χ1n) is 21.2. The summed E-state index contributed by atoms with van der Waals surface area (Å²) in [6.07, 6.45) is -7.17. The van der Waals surface area contributed by atoms with Gasteiger partial charge in [0.15, 0.2) is 12.6 Å². The van der Waals surface area contributed by atoms with E-state index in [-0.39, 0.29) is 46.0 Å². The lowest BCUT2D eigenvalue weighted by molar-refractivity contribution is -0.340. The molecule has 2 heterocycles. The zero-order valence-electron chi connectivity index (χ0n) is 34.0. The van der Waals surface area contributed by atoms with Crippen molar-refractivity contribution in [2.45, 2.75) is 179 Å². The van der Waals surface area contributed by atoms with Gasteiger partial charge < -0.3 is 70.0 Å². The Labute approximate surface area is 330 Å². The quantitative estimate of drug-likeness (QED) is 0.106. The maximum Gasteiger partial charge on any atom is 0.186 e. The molecule has 9 unspecified atom stereocenters. The highest BCUT2D eigenvalue weighted by atomic mass is 16.7. The van der Waals surface area contributed by atoms with Gasteiger partial charge in [-0.15, -0.1) is 0 Å². The molecular formula is C42H70O14. The number of aliphatic hydroxyl groups excluding tert-OH is 10. The van der Waals surface area contributed by atoms with Crippen molar-refractivity contribution < 1.29 is 70.0 Å². The highest BCUT2D eigenvalue weighted by Gasteiger charge is 2.83. The monoisotopic (exact) mass is 798 g/mol. The van der Waals surface area contributed by atoms with Gasteiger partial charge >= 0.3 is 0 Å². The van der Waals surface area contributed by atoms with Gasteiger partial charge in [0, 0.05) is 11.8 Å². The molecule has 10 N–H and O–H groups in total. The lowest BCUT2D eigenvalue weighted by Gasteiger charge is -2.64. The molecule has 14 heteroatoms. The number of hydrogen-bond donors (Lipinski definition) is 10. The minimum Gasteiger partial charge on any atom is -0.512 e. The fraction of sp³-hybridized carbons (Fsp3) is 0.952. The molecule has 0 aromatic rings. The summed E-state index contributed by atoms with van der Waals surface area (Å²) in [6, 6.07) is 0. The predicted octanol–water partition coefficient (Wildman–Crippen LogP) is 1.65. The second-order valence-corrected chi connectivity index (χ2v) is 20.1. The molecule has 0 aromatic carbocycles. The van der Waals surface area contributed by atoms with Gasteiger partial charge in [0.1, 0.15) is 48.8 Å². The van der Waals surface area contributed by atoms with Crippen molar-refractivity contribution in [2.75, 3.05) is 19.8 Å². The van der Waals surface area contributed by atoms with E-state index >= 15 is 0 Å². The molecule has 7 aliphatic rings. The number of fused-ring (bicyclic) bond motifs is 2. The topological polar surface area (TPSA) is 239 Å². The SMILES string of the molecule is CC(C)=C(O)CCC(C)C1C(O)C[C@@]2(C)C3CCC4C5(CCC(O[C@@H]6O[C@H](CO)[C@@H](O)[C@H](O)[C@H]6O)[C@@]4(C)CO[C@H]4O[C@H](CO)[C@@H](O)[C@H](O)[C@H]4O)CC35CCC12C. The van der Waals surface area contributed by atoms with Crippen LogP contribution in [-0.4, -0.2) is 145 Å². The van der Waals surface area contributed by atoms with E-state index in [4.69, 9.17) is 18.9 Å². The van der Waals surface area contributed by atoms with Crippen molar-refractivity contribution >= 4 is 0 Å². The van der Waals surface area contributed by atoms with Gasteiger partial charge in [-0.05, 0) is 123 Å². The van der Waals surface area contributed by atoms with Gasteiger partial charge in [-0.2, -0.15) is 0 Å². The average molecular weight is 799 g/mol. The van der Waals surface area contributed by atoms with Gasteiger partial charge in [-0.1, -0.05) is 27.7 Å². The van der Waals surface area contributed by atoms with Crippen molar-refractivity contribution in [1.82, 2.24) is 0 Å². The Kier molecular flexibility index (Phi) is 11.7. The van der Waals surface area contributed by atoms with Crippen molar-refractivity contribution in [3.63, 3.8) is 0 Å². The van der Waals surface area contributed by atoms with E-state index in [1.165, 1.54) is 0 Å². The Bertz CT molecular complexity index is 1460. The van der Waals surface area contributed by atoms with Crippen LogP contribution in [0.5, 0.6) is 0 Å². The molecule has 2 spiro atoms. The molecule has 21 atom stereocenters. The van der Waals surface area contributed by atoms with Gasteiger partial charge in [-0.3, -0.25) is 0 Å². The normalized spacial score (nSPS) is 54.3. The molecule has 7 fully saturated rings. The summed E-state index contributed by atoms with van der Waals surface area (Å²) >= 11 is 0. The molecule has 56 heavy (non-hydrogen) atoms. The minimum atomic E-state index is -1.61. The number of allylic oxidation sites excluding steroid dienone is 2. The summed E-state index contributed by atoms with van der Waals surface area (Å²) in [5.41, 5.74) is -0.102. The number of hydrogen-bond acceptors (Lipinski definition) is 14. The summed E-state index contributed by atoms with van der Waals surface area (Å²) < 4.78 is 24.6. The van der Waals surface area contributed by atoms with Crippen LogP contribution in [0.25, 0.3) is 0 Å². The molecule has 5 saturated carbocycles. The highest BCUT2D eigenvalue weighted by Crippen LogP contribution is 2.89. The van der Waals surface area contributed by atoms with Crippen molar-refractivity contribution in [3.05, 3.63) is 11.3 Å². The molecule has 2 saturated heterocycles. The van der Waals surface area contributed by atoms with E-state index in [9.17, 15) is 51.1 Å². The average Bonchev–Trinajstić information content (AvgIpc) is 3.77. The van der Waals surface area contributed by atoms with Gasteiger partial charge in [-0.25, -0.2) is 0 Å². The van der Waals surface area contributed by atoms with Gasteiger partial charge in [0.25, 0.3) is 0 Å². The molecule has 322 valence electrons. The van der Waals surface area contributed by atoms with Crippen LogP contribution in [0.4, 0.5) is 0 Å². The van der Waals surface area contributed by atoms with E-state index in [2.05, 4.69) is 27.7 Å². The number of rotatable bonds is 11. The standard InChI is InChI=1S/C42H70O14/c1-20(2)22(45)8-7-21(3)29-23(46)15-40(6)27-10-9-26-38(4,19-53-36-34(51)32(49)30(47)24(16-43)54-36)28(56-37-35(52)33(50)31(48)25(17-44)55-37)11-12-41(26)18-42(27,41)14-13-39(29,40)5/h21,23-37,43-52H,7-19H2,1-6H3/t21?,23?,24-,25-,26?,27?,28?,29?,30-,31-,32+,33+,34-,35-,36+,37+,38+,39?,40+,41?,42?/m1/s1. The maximum absolute atomic E-state index is 11.9. The van der Waals surface area contributed by atoms with Crippen LogP contribution in [0.2, 0.25) is 0 Å². The number of aliphatic hydroxyl groups is 10. The Hall–Kier alpha value is -0.980. The lowest BCUT2D eigenvalue weighted by atomic mass is 9.41. The number of ether oxygens (including phenoxy) is 4. The first kappa shape index (κ1) is 43.1. The third-order valence-corrected chi connectivity index (χ3v) is 17.5. The Balaban J connectivity index is 1.17. The molecular weight excluding hydrogens is 728 g/mol. The van der Waals surface area contributed by atoms with E-state index in [1.54, 1.807) is 0 Å². The lowest BCUT2D eigenvalue weighted by Crippen LogP contribution is -2.63. The third-order valence-electron chi connectivity index (χ3n) is 17.5. The predicted molar refractivity (Wildman–Crippen MR) is 200 cm³/mol. The van der Waals surface area contributed by atoms with Gasteiger partial charge in [0.05, 0.1) is 37.8 Å². The Morgan fingerprint density at radius 3 is 1.89 bits per heavy atom. The highest BCUT2D eigenvalue weighted by molar-refractivity contribution is 5.31. The van der Waals surface area contributed by atoms with Crippen LogP contribution < -0.4 is 0 Å². The summed E-state index contributed by atoms with van der Waals surface area (Å²) in [7, 11) is 0. The van der Waals surface area contributed by atoms with Crippen LogP contribution in [0.1, 0.15) is 106 Å². The molecule has 0 amide bonds. The molecule has 5 aliphatic carbocycles. The summed E-state index contributed by atoms with van der Waals surface area (Å²) in [5, 5.41) is 106. The van der Waals surface area contributed by atoms with E-state index in [0.717, 1.165) is 56.9 Å². The van der Waals surface area contributed by atoms with E-state index in [1.807, 2.05) is 13.8 Å². The Morgan fingerprint density at radius 1 is 0.714 bits per heavy atom. The molecule has 7 rings (SSSR count). The smallest absolute Gasteiger partial charge is 0.186 e. The largest absolute Gasteiger partial charge is 0.512 e. The maximum atomic E-state index is 11.9. The van der Waals surface area contributed by atoms with Gasteiger partial charge in [0.2, 0.25) is 0 Å². The molecule has 2 aliphatic heterocycles. The summed E-state index contributed by atoms with van der Waals surface area (Å²) in [4.78, 5) is 0. The minimum absolute atomic E-state index is 0.00322. The summed E-state index contributed by atoms with van der Waals surface area (Å²) in [5.74, 6) is 1.20.